The van der Waals surface area contributed by atoms with Crippen molar-refractivity contribution in [2.75, 3.05) is 5.75 Å². The molecule has 0 saturated heterocycles. The first-order chi connectivity index (χ1) is 13.2. The lowest BCUT2D eigenvalue weighted by Gasteiger charge is -2.04. The van der Waals surface area contributed by atoms with E-state index in [1.54, 1.807) is 18.2 Å². The summed E-state index contributed by atoms with van der Waals surface area (Å²) >= 11 is 1.06. The normalized spacial score (nSPS) is 11.4. The molecule has 0 saturated carbocycles. The van der Waals surface area contributed by atoms with Gasteiger partial charge >= 0.3 is 10.1 Å². The van der Waals surface area contributed by atoms with Crippen molar-refractivity contribution in [3.8, 4) is 11.1 Å². The van der Waals surface area contributed by atoms with Crippen LogP contribution < -0.4 is 11.5 Å². The molecular weight excluding hydrogens is 412 g/mol. The number of halogens is 2. The largest absolute Gasteiger partial charge is 0.367 e. The second-order valence-electron chi connectivity index (χ2n) is 5.67. The molecule has 4 N–H and O–H groups in total. The Kier molecular flexibility index (Phi) is 5.29. The van der Waals surface area contributed by atoms with Crippen molar-refractivity contribution in [2.45, 2.75) is 0 Å². The van der Waals surface area contributed by atoms with Crippen LogP contribution in [0.1, 0.15) is 9.67 Å². The standard InChI is InChI=1S/C17H13F2N3O4S2/c18-12-5-4-9(6-13(12)19)10-2-1-3-15-11(10)7-16(27-15)14(23)8-28(24,25)26-22-17(20)21/h1-7H,8H2,(H4,20,21,22). The highest BCUT2D eigenvalue weighted by molar-refractivity contribution is 7.87. The van der Waals surface area contributed by atoms with Crippen LogP contribution in [0, 0.1) is 11.6 Å². The van der Waals surface area contributed by atoms with E-state index in [1.165, 1.54) is 12.1 Å². The monoisotopic (exact) mass is 425 g/mol. The van der Waals surface area contributed by atoms with Gasteiger partial charge in [0.05, 0.1) is 4.88 Å². The smallest absolute Gasteiger partial charge is 0.336 e. The number of guanidine groups is 1. The minimum Gasteiger partial charge on any atom is -0.367 e. The Morgan fingerprint density at radius 3 is 2.54 bits per heavy atom. The molecule has 0 bridgehead atoms. The average molecular weight is 425 g/mol. The molecule has 0 unspecified atom stereocenters. The summed E-state index contributed by atoms with van der Waals surface area (Å²) in [6.07, 6.45) is 0. The van der Waals surface area contributed by atoms with E-state index in [-0.39, 0.29) is 4.88 Å². The van der Waals surface area contributed by atoms with Gasteiger partial charge < -0.3 is 11.5 Å². The van der Waals surface area contributed by atoms with Crippen molar-refractivity contribution in [2.24, 2.45) is 16.6 Å². The van der Waals surface area contributed by atoms with Crippen LogP contribution in [-0.2, 0) is 14.4 Å². The topological polar surface area (TPSA) is 125 Å². The number of Topliss-reactive ketones (excluding diaryl/α,β-unsaturated/α-hetero) is 1. The van der Waals surface area contributed by atoms with Crippen LogP contribution in [0.15, 0.2) is 47.6 Å². The number of nitrogens with two attached hydrogens (primary N) is 2. The van der Waals surface area contributed by atoms with Gasteiger partial charge in [-0.2, -0.15) is 8.42 Å². The van der Waals surface area contributed by atoms with E-state index in [0.29, 0.717) is 21.2 Å². The summed E-state index contributed by atoms with van der Waals surface area (Å²) < 4.78 is 55.2. The first kappa shape index (κ1) is 19.7. The van der Waals surface area contributed by atoms with Gasteiger partial charge in [0.1, 0.15) is 0 Å². The third kappa shape index (κ3) is 4.26. The van der Waals surface area contributed by atoms with E-state index in [1.807, 2.05) is 0 Å². The van der Waals surface area contributed by atoms with Crippen LogP contribution in [0.3, 0.4) is 0 Å². The number of fused-ring (bicyclic) bond motifs is 1. The highest BCUT2D eigenvalue weighted by Gasteiger charge is 2.22. The summed E-state index contributed by atoms with van der Waals surface area (Å²) in [5.74, 6) is -4.25. The first-order valence-electron chi connectivity index (χ1n) is 7.68. The van der Waals surface area contributed by atoms with Crippen molar-refractivity contribution in [3.63, 3.8) is 0 Å². The minimum absolute atomic E-state index is 0.155. The fourth-order valence-electron chi connectivity index (χ4n) is 2.47. The summed E-state index contributed by atoms with van der Waals surface area (Å²) in [6.45, 7) is 0. The molecule has 0 atom stereocenters. The Labute approximate surface area is 162 Å². The number of nitrogens with zero attached hydrogens (tertiary/aromatic N) is 1. The zero-order valence-electron chi connectivity index (χ0n) is 14.1. The van der Waals surface area contributed by atoms with Crippen molar-refractivity contribution in [1.29, 1.82) is 0 Å². The second kappa shape index (κ2) is 7.52. The van der Waals surface area contributed by atoms with Crippen molar-refractivity contribution in [1.82, 2.24) is 0 Å². The summed E-state index contributed by atoms with van der Waals surface area (Å²) in [7, 11) is -4.32. The molecule has 0 spiro atoms. The van der Waals surface area contributed by atoms with E-state index in [4.69, 9.17) is 11.5 Å². The molecule has 0 fully saturated rings. The Balaban J connectivity index is 1.95. The summed E-state index contributed by atoms with van der Waals surface area (Å²) in [4.78, 5) is 12.5. The number of rotatable bonds is 6. The van der Waals surface area contributed by atoms with Crippen LogP contribution in [0.4, 0.5) is 8.78 Å². The lowest BCUT2D eigenvalue weighted by atomic mass is 10.0. The Morgan fingerprint density at radius 1 is 1.11 bits per heavy atom. The van der Waals surface area contributed by atoms with Gasteiger partial charge in [-0.15, -0.1) is 11.3 Å². The molecule has 0 aliphatic carbocycles. The molecule has 0 amide bonds. The maximum Gasteiger partial charge on any atom is 0.336 e. The minimum atomic E-state index is -4.32. The SMILES string of the molecule is NC(N)=NOS(=O)(=O)CC(=O)c1cc2c(-c3ccc(F)c(F)c3)cccc2s1. The molecule has 1 aromatic heterocycles. The van der Waals surface area contributed by atoms with Gasteiger partial charge in [0.2, 0.25) is 5.96 Å². The molecule has 0 aliphatic rings. The van der Waals surface area contributed by atoms with Crippen LogP contribution in [0.5, 0.6) is 0 Å². The van der Waals surface area contributed by atoms with E-state index in [0.717, 1.165) is 23.5 Å². The molecule has 0 radical (unpaired) electrons. The van der Waals surface area contributed by atoms with E-state index < -0.39 is 39.2 Å². The van der Waals surface area contributed by atoms with Crippen molar-refractivity contribution in [3.05, 3.63) is 59.0 Å². The molecule has 3 rings (SSSR count). The zero-order valence-corrected chi connectivity index (χ0v) is 15.7. The van der Waals surface area contributed by atoms with Crippen LogP contribution in [0.25, 0.3) is 21.2 Å². The Morgan fingerprint density at radius 2 is 1.86 bits per heavy atom. The highest BCUT2D eigenvalue weighted by Crippen LogP contribution is 2.35. The van der Waals surface area contributed by atoms with Crippen molar-refractivity contribution < 1.29 is 26.3 Å². The van der Waals surface area contributed by atoms with Gasteiger partial charge in [0.25, 0.3) is 0 Å². The number of hydrogen-bond donors (Lipinski definition) is 2. The molecule has 0 aliphatic heterocycles. The van der Waals surface area contributed by atoms with Gasteiger partial charge in [-0.25, -0.2) is 8.78 Å². The van der Waals surface area contributed by atoms with E-state index in [2.05, 4.69) is 9.44 Å². The lowest BCUT2D eigenvalue weighted by Crippen LogP contribution is -2.24. The van der Waals surface area contributed by atoms with E-state index in [9.17, 15) is 22.0 Å². The summed E-state index contributed by atoms with van der Waals surface area (Å²) in [6, 6.07) is 10.1. The van der Waals surface area contributed by atoms with Gasteiger partial charge in [-0.1, -0.05) is 18.2 Å². The predicted molar refractivity (Wildman–Crippen MR) is 102 cm³/mol. The molecule has 7 nitrogen and oxygen atoms in total. The summed E-state index contributed by atoms with van der Waals surface area (Å²) in [5.41, 5.74) is 11.0. The molecule has 28 heavy (non-hydrogen) atoms. The zero-order chi connectivity index (χ0) is 20.5. The van der Waals surface area contributed by atoms with Crippen LogP contribution >= 0.6 is 11.3 Å². The number of ketones is 1. The van der Waals surface area contributed by atoms with Gasteiger partial charge in [0.15, 0.2) is 23.2 Å². The molecule has 146 valence electrons. The quantitative estimate of drug-likeness (QED) is 0.271. The number of benzene rings is 2. The van der Waals surface area contributed by atoms with Crippen LogP contribution in [-0.4, -0.2) is 25.9 Å². The Hall–Kier alpha value is -3.05. The first-order valence-corrected chi connectivity index (χ1v) is 10.1. The molecule has 2 aromatic carbocycles. The number of carbonyl (C=O) groups is 1. The Bertz CT molecular complexity index is 1200. The second-order valence-corrected chi connectivity index (χ2v) is 8.31. The van der Waals surface area contributed by atoms with Gasteiger partial charge in [-0.3, -0.25) is 9.08 Å². The fraction of sp³-hybridized carbons (Fsp3) is 0.0588. The fourth-order valence-corrected chi connectivity index (χ4v) is 4.32. The number of carbonyl (C=O) groups excluding carboxylic acids is 1. The average Bonchev–Trinajstić information content (AvgIpc) is 3.06. The molecule has 1 heterocycles. The van der Waals surface area contributed by atoms with E-state index >= 15 is 0 Å². The molecular formula is C17H13F2N3O4S2. The third-order valence-electron chi connectivity index (χ3n) is 3.63. The highest BCUT2D eigenvalue weighted by atomic mass is 32.2. The van der Waals surface area contributed by atoms with Crippen molar-refractivity contribution >= 4 is 43.3 Å². The van der Waals surface area contributed by atoms with Gasteiger partial charge in [0, 0.05) is 10.1 Å². The van der Waals surface area contributed by atoms with Gasteiger partial charge in [-0.05, 0) is 40.5 Å². The maximum atomic E-state index is 13.6. The third-order valence-corrected chi connectivity index (χ3v) is 5.69. The number of hydrogen-bond acceptors (Lipinski definition) is 6. The molecule has 3 aromatic rings. The maximum absolute atomic E-state index is 13.6. The number of oxime groups is 1. The number of thiophene rings is 1. The molecule has 11 heteroatoms. The predicted octanol–water partition coefficient (Wildman–Crippen LogP) is 2.56. The lowest BCUT2D eigenvalue weighted by molar-refractivity contribution is 0.102. The van der Waals surface area contributed by atoms with Crippen LogP contribution in [0.2, 0.25) is 0 Å². The summed E-state index contributed by atoms with van der Waals surface area (Å²) in [5, 5.41) is 3.53.